The maximum Gasteiger partial charge on any atom is 0.246 e. The van der Waals surface area contributed by atoms with Crippen LogP contribution in [0.1, 0.15) is 12.3 Å². The van der Waals surface area contributed by atoms with Gasteiger partial charge in [-0.2, -0.15) is 4.98 Å². The molecule has 7 heteroatoms. The van der Waals surface area contributed by atoms with Gasteiger partial charge >= 0.3 is 0 Å². The molecule has 0 saturated carbocycles. The third-order valence-corrected chi connectivity index (χ3v) is 5.22. The first-order valence-corrected chi connectivity index (χ1v) is 9.37. The average molecular weight is 359 g/mol. The van der Waals surface area contributed by atoms with E-state index in [1.807, 2.05) is 47.8 Å². The van der Waals surface area contributed by atoms with Gasteiger partial charge in [0.1, 0.15) is 0 Å². The molecule has 0 saturated heterocycles. The standard InChI is InChI=1S/C17H17N3O2S2/c1-20(16(21)9-11-23-13-6-3-2-4-7-13)12-15-18-17(19-22-15)14-8-5-10-24-14/h2-8,10H,9,11-12H2,1H3. The van der Waals surface area contributed by atoms with Gasteiger partial charge in [-0.05, 0) is 23.6 Å². The summed E-state index contributed by atoms with van der Waals surface area (Å²) in [7, 11) is 1.75. The van der Waals surface area contributed by atoms with E-state index in [1.54, 1.807) is 35.0 Å². The van der Waals surface area contributed by atoms with Crippen LogP contribution in [0.4, 0.5) is 0 Å². The Labute approximate surface area is 148 Å². The third kappa shape index (κ3) is 4.46. The van der Waals surface area contributed by atoms with Crippen LogP contribution in [0.2, 0.25) is 0 Å². The normalized spacial score (nSPS) is 10.7. The van der Waals surface area contributed by atoms with Crippen LogP contribution in [0.3, 0.4) is 0 Å². The number of thiophene rings is 1. The minimum atomic E-state index is 0.0642. The number of amides is 1. The van der Waals surface area contributed by atoms with Crippen molar-refractivity contribution in [2.24, 2.45) is 0 Å². The second kappa shape index (κ2) is 8.12. The molecule has 124 valence electrons. The fourth-order valence-electron chi connectivity index (χ4n) is 2.08. The van der Waals surface area contributed by atoms with Crippen LogP contribution in [0.5, 0.6) is 0 Å². The third-order valence-electron chi connectivity index (χ3n) is 3.34. The van der Waals surface area contributed by atoms with Crippen molar-refractivity contribution in [2.75, 3.05) is 12.8 Å². The van der Waals surface area contributed by atoms with Gasteiger partial charge in [0.2, 0.25) is 17.6 Å². The number of aromatic nitrogens is 2. The Kier molecular flexibility index (Phi) is 5.66. The number of nitrogens with zero attached hydrogens (tertiary/aromatic N) is 3. The second-order valence-corrected chi connectivity index (χ2v) is 7.27. The number of carbonyl (C=O) groups excluding carboxylic acids is 1. The predicted molar refractivity (Wildman–Crippen MR) is 95.9 cm³/mol. The molecule has 0 unspecified atom stereocenters. The summed E-state index contributed by atoms with van der Waals surface area (Å²) in [6.45, 7) is 0.327. The lowest BCUT2D eigenvalue weighted by atomic mass is 10.4. The minimum Gasteiger partial charge on any atom is -0.337 e. The van der Waals surface area contributed by atoms with Gasteiger partial charge in [0.25, 0.3) is 0 Å². The number of hydrogen-bond acceptors (Lipinski definition) is 6. The molecular weight excluding hydrogens is 342 g/mol. The molecule has 3 rings (SSSR count). The zero-order valence-electron chi connectivity index (χ0n) is 13.2. The van der Waals surface area contributed by atoms with E-state index in [0.29, 0.717) is 24.7 Å². The van der Waals surface area contributed by atoms with E-state index in [4.69, 9.17) is 4.52 Å². The van der Waals surface area contributed by atoms with Gasteiger partial charge < -0.3 is 9.42 Å². The van der Waals surface area contributed by atoms with Crippen LogP contribution in [-0.4, -0.2) is 33.7 Å². The van der Waals surface area contributed by atoms with E-state index in [9.17, 15) is 4.79 Å². The summed E-state index contributed by atoms with van der Waals surface area (Å²) >= 11 is 3.23. The summed E-state index contributed by atoms with van der Waals surface area (Å²) in [5.41, 5.74) is 0. The first-order valence-electron chi connectivity index (χ1n) is 7.50. The molecule has 5 nitrogen and oxygen atoms in total. The molecule has 1 amide bonds. The molecule has 1 aromatic carbocycles. The first-order chi connectivity index (χ1) is 11.7. The zero-order chi connectivity index (χ0) is 16.8. The van der Waals surface area contributed by atoms with E-state index in [0.717, 1.165) is 10.6 Å². The minimum absolute atomic E-state index is 0.0642. The number of benzene rings is 1. The van der Waals surface area contributed by atoms with Crippen LogP contribution in [0.25, 0.3) is 10.7 Å². The highest BCUT2D eigenvalue weighted by Gasteiger charge is 2.15. The van der Waals surface area contributed by atoms with Crippen molar-refractivity contribution in [3.63, 3.8) is 0 Å². The van der Waals surface area contributed by atoms with Gasteiger partial charge in [0.15, 0.2) is 0 Å². The van der Waals surface area contributed by atoms with Gasteiger partial charge in [-0.3, -0.25) is 4.79 Å². The largest absolute Gasteiger partial charge is 0.337 e. The van der Waals surface area contributed by atoms with E-state index in [2.05, 4.69) is 10.1 Å². The molecule has 0 spiro atoms. The van der Waals surface area contributed by atoms with E-state index >= 15 is 0 Å². The van der Waals surface area contributed by atoms with Crippen LogP contribution in [-0.2, 0) is 11.3 Å². The monoisotopic (exact) mass is 359 g/mol. The van der Waals surface area contributed by atoms with Gasteiger partial charge in [-0.1, -0.05) is 29.4 Å². The lowest BCUT2D eigenvalue weighted by Crippen LogP contribution is -2.26. The molecule has 3 aromatic rings. The molecule has 0 aliphatic carbocycles. The Balaban J connectivity index is 1.47. The predicted octanol–water partition coefficient (Wildman–Crippen LogP) is 3.94. The fourth-order valence-corrected chi connectivity index (χ4v) is 3.59. The molecule has 2 heterocycles. The summed E-state index contributed by atoms with van der Waals surface area (Å²) in [4.78, 5) is 20.3. The van der Waals surface area contributed by atoms with Gasteiger partial charge in [-0.25, -0.2) is 0 Å². The first kappa shape index (κ1) is 16.7. The molecule has 0 bridgehead atoms. The molecule has 0 radical (unpaired) electrons. The summed E-state index contributed by atoms with van der Waals surface area (Å²) in [5, 5.41) is 5.92. The van der Waals surface area contributed by atoms with E-state index in [1.165, 1.54) is 4.90 Å². The average Bonchev–Trinajstić information content (AvgIpc) is 3.27. The Bertz CT molecular complexity index is 772. The molecule has 0 aliphatic rings. The molecule has 0 aliphatic heterocycles. The van der Waals surface area contributed by atoms with Crippen molar-refractivity contribution in [1.82, 2.24) is 15.0 Å². The highest BCUT2D eigenvalue weighted by atomic mass is 32.2. The van der Waals surface area contributed by atoms with Crippen molar-refractivity contribution in [1.29, 1.82) is 0 Å². The Hall–Kier alpha value is -2.12. The van der Waals surface area contributed by atoms with Crippen molar-refractivity contribution in [3.8, 4) is 10.7 Å². The second-order valence-electron chi connectivity index (χ2n) is 5.15. The summed E-state index contributed by atoms with van der Waals surface area (Å²) < 4.78 is 5.23. The highest BCUT2D eigenvalue weighted by molar-refractivity contribution is 7.99. The number of hydrogen-bond donors (Lipinski definition) is 0. The van der Waals surface area contributed by atoms with Crippen LogP contribution >= 0.6 is 23.1 Å². The number of thioether (sulfide) groups is 1. The maximum atomic E-state index is 12.2. The number of carbonyl (C=O) groups is 1. The molecule has 0 N–H and O–H groups in total. The van der Waals surface area contributed by atoms with E-state index in [-0.39, 0.29) is 5.91 Å². The topological polar surface area (TPSA) is 59.2 Å². The summed E-state index contributed by atoms with van der Waals surface area (Å²) in [5.74, 6) is 1.83. The Morgan fingerprint density at radius 1 is 1.25 bits per heavy atom. The van der Waals surface area contributed by atoms with E-state index < -0.39 is 0 Å². The van der Waals surface area contributed by atoms with Crippen LogP contribution < -0.4 is 0 Å². The summed E-state index contributed by atoms with van der Waals surface area (Å²) in [6.07, 6.45) is 0.474. The van der Waals surface area contributed by atoms with Crippen LogP contribution in [0, 0.1) is 0 Å². The number of rotatable bonds is 7. The van der Waals surface area contributed by atoms with Crippen LogP contribution in [0.15, 0.2) is 57.3 Å². The molecular formula is C17H17N3O2S2. The van der Waals surface area contributed by atoms with Gasteiger partial charge in [0, 0.05) is 24.1 Å². The van der Waals surface area contributed by atoms with Crippen molar-refractivity contribution in [2.45, 2.75) is 17.9 Å². The molecule has 0 atom stereocenters. The quantitative estimate of drug-likeness (QED) is 0.598. The summed E-state index contributed by atoms with van der Waals surface area (Å²) in [6, 6.07) is 13.9. The Morgan fingerprint density at radius 2 is 2.08 bits per heavy atom. The van der Waals surface area contributed by atoms with Gasteiger partial charge in [-0.15, -0.1) is 23.1 Å². The van der Waals surface area contributed by atoms with Crippen molar-refractivity contribution < 1.29 is 9.32 Å². The lowest BCUT2D eigenvalue weighted by molar-refractivity contribution is -0.130. The fraction of sp³-hybridized carbons (Fsp3) is 0.235. The molecule has 24 heavy (non-hydrogen) atoms. The SMILES string of the molecule is CN(Cc1nc(-c2cccs2)no1)C(=O)CCSc1ccccc1. The smallest absolute Gasteiger partial charge is 0.246 e. The Morgan fingerprint density at radius 3 is 2.83 bits per heavy atom. The van der Waals surface area contributed by atoms with Crippen molar-refractivity contribution in [3.05, 3.63) is 53.7 Å². The van der Waals surface area contributed by atoms with Gasteiger partial charge in [0.05, 0.1) is 11.4 Å². The lowest BCUT2D eigenvalue weighted by Gasteiger charge is -2.14. The zero-order valence-corrected chi connectivity index (χ0v) is 14.8. The van der Waals surface area contributed by atoms with Crippen molar-refractivity contribution >= 4 is 29.0 Å². The molecule has 2 aromatic heterocycles. The highest BCUT2D eigenvalue weighted by Crippen LogP contribution is 2.22. The maximum absolute atomic E-state index is 12.2. The molecule has 0 fully saturated rings.